The number of hydrogen-bond donors (Lipinski definition) is 1. The third-order valence-electron chi connectivity index (χ3n) is 3.44. The topological polar surface area (TPSA) is 75.3 Å². The Bertz CT molecular complexity index is 747. The van der Waals surface area contributed by atoms with E-state index in [1.807, 2.05) is 18.2 Å². The van der Waals surface area contributed by atoms with E-state index < -0.39 is 0 Å². The molecule has 2 N–H and O–H groups in total. The molecule has 7 heteroatoms. The number of rotatable bonds is 5. The van der Waals surface area contributed by atoms with E-state index in [9.17, 15) is 0 Å². The lowest BCUT2D eigenvalue weighted by atomic mass is 10.2. The van der Waals surface area contributed by atoms with Gasteiger partial charge in [-0.15, -0.1) is 0 Å². The molecule has 0 amide bonds. The van der Waals surface area contributed by atoms with Crippen molar-refractivity contribution in [1.29, 1.82) is 0 Å². The molecule has 1 aliphatic heterocycles. The van der Waals surface area contributed by atoms with Crippen molar-refractivity contribution in [2.75, 3.05) is 20.3 Å². The van der Waals surface area contributed by atoms with Gasteiger partial charge in [0.2, 0.25) is 0 Å². The van der Waals surface area contributed by atoms with Crippen molar-refractivity contribution < 1.29 is 19.0 Å². The average Bonchev–Trinajstić information content (AvgIpc) is 2.62. The van der Waals surface area contributed by atoms with Crippen LogP contribution in [0.25, 0.3) is 0 Å². The molecular formula is C17H17ClN2O4. The van der Waals surface area contributed by atoms with E-state index in [2.05, 4.69) is 5.16 Å². The quantitative estimate of drug-likeness (QED) is 0.511. The number of oxime groups is 1. The highest BCUT2D eigenvalue weighted by Crippen LogP contribution is 2.38. The van der Waals surface area contributed by atoms with Gasteiger partial charge in [0.25, 0.3) is 0 Å². The molecule has 0 bridgehead atoms. The fourth-order valence-electron chi connectivity index (χ4n) is 2.24. The number of amidine groups is 1. The minimum Gasteiger partial charge on any atom is -0.497 e. The Labute approximate surface area is 144 Å². The molecule has 0 aromatic heterocycles. The molecule has 0 saturated heterocycles. The van der Waals surface area contributed by atoms with Crippen LogP contribution in [-0.2, 0) is 11.4 Å². The summed E-state index contributed by atoms with van der Waals surface area (Å²) in [5.74, 6) is 2.20. The van der Waals surface area contributed by atoms with E-state index in [1.54, 1.807) is 25.3 Å². The summed E-state index contributed by atoms with van der Waals surface area (Å²) in [4.78, 5) is 5.32. The van der Waals surface area contributed by atoms with E-state index in [4.69, 9.17) is 36.4 Å². The van der Waals surface area contributed by atoms with Crippen LogP contribution in [0, 0.1) is 0 Å². The normalized spacial score (nSPS) is 13.5. The molecule has 1 heterocycles. The van der Waals surface area contributed by atoms with Crippen LogP contribution in [0.5, 0.6) is 17.2 Å². The van der Waals surface area contributed by atoms with Gasteiger partial charge in [0.1, 0.15) is 25.6 Å². The Hall–Kier alpha value is -2.60. The van der Waals surface area contributed by atoms with Gasteiger partial charge in [0.15, 0.2) is 17.3 Å². The Balaban J connectivity index is 1.65. The molecule has 0 spiro atoms. The van der Waals surface area contributed by atoms with Gasteiger partial charge in [0.05, 0.1) is 12.1 Å². The molecule has 6 nitrogen and oxygen atoms in total. The second-order valence-electron chi connectivity index (χ2n) is 5.08. The summed E-state index contributed by atoms with van der Waals surface area (Å²) in [6, 6.07) is 10.8. The molecule has 2 aromatic carbocycles. The summed E-state index contributed by atoms with van der Waals surface area (Å²) in [6.07, 6.45) is 0. The molecule has 3 rings (SSSR count). The minimum absolute atomic E-state index is 0.215. The van der Waals surface area contributed by atoms with Gasteiger partial charge in [-0.05, 0) is 42.0 Å². The molecule has 126 valence electrons. The fraction of sp³-hybridized carbons (Fsp3) is 0.235. The van der Waals surface area contributed by atoms with Crippen molar-refractivity contribution in [3.8, 4) is 17.2 Å². The first-order chi connectivity index (χ1) is 11.7. The Morgan fingerprint density at radius 2 is 1.96 bits per heavy atom. The highest BCUT2D eigenvalue weighted by Gasteiger charge is 2.16. The zero-order valence-corrected chi connectivity index (χ0v) is 13.9. The summed E-state index contributed by atoms with van der Waals surface area (Å²) in [7, 11) is 1.61. The first-order valence-corrected chi connectivity index (χ1v) is 7.73. The average molecular weight is 349 g/mol. The third kappa shape index (κ3) is 3.65. The summed E-state index contributed by atoms with van der Waals surface area (Å²) in [6.45, 7) is 1.20. The van der Waals surface area contributed by atoms with Crippen LogP contribution < -0.4 is 19.9 Å². The van der Waals surface area contributed by atoms with Crippen molar-refractivity contribution >= 4 is 17.4 Å². The summed E-state index contributed by atoms with van der Waals surface area (Å²) in [5, 5.41) is 4.41. The number of hydrogen-bond acceptors (Lipinski definition) is 5. The van der Waals surface area contributed by atoms with E-state index in [0.717, 1.165) is 16.9 Å². The number of benzene rings is 2. The molecule has 0 saturated carbocycles. The predicted molar refractivity (Wildman–Crippen MR) is 90.9 cm³/mol. The highest BCUT2D eigenvalue weighted by molar-refractivity contribution is 6.32. The van der Waals surface area contributed by atoms with Crippen LogP contribution in [-0.4, -0.2) is 26.2 Å². The van der Waals surface area contributed by atoms with Gasteiger partial charge in [-0.1, -0.05) is 16.8 Å². The largest absolute Gasteiger partial charge is 0.497 e. The number of halogens is 1. The molecule has 0 aliphatic carbocycles. The van der Waals surface area contributed by atoms with Crippen molar-refractivity contribution in [1.82, 2.24) is 0 Å². The Morgan fingerprint density at radius 3 is 2.71 bits per heavy atom. The summed E-state index contributed by atoms with van der Waals surface area (Å²) in [5.41, 5.74) is 7.47. The van der Waals surface area contributed by atoms with Crippen LogP contribution in [0.4, 0.5) is 0 Å². The van der Waals surface area contributed by atoms with Gasteiger partial charge in [-0.3, -0.25) is 0 Å². The second kappa shape index (κ2) is 7.31. The molecule has 24 heavy (non-hydrogen) atoms. The SMILES string of the molecule is COc1ccc(/C(N)=N/OCc2cc(Cl)c3c(c2)OCCO3)cc1. The van der Waals surface area contributed by atoms with Gasteiger partial charge >= 0.3 is 0 Å². The second-order valence-corrected chi connectivity index (χ2v) is 5.49. The molecule has 1 aliphatic rings. The zero-order chi connectivity index (χ0) is 16.9. The van der Waals surface area contributed by atoms with Crippen LogP contribution in [0.3, 0.4) is 0 Å². The smallest absolute Gasteiger partial charge is 0.179 e. The van der Waals surface area contributed by atoms with Crippen molar-refractivity contribution in [3.05, 3.63) is 52.5 Å². The van der Waals surface area contributed by atoms with Crippen LogP contribution in [0.1, 0.15) is 11.1 Å². The maximum Gasteiger partial charge on any atom is 0.179 e. The number of ether oxygens (including phenoxy) is 3. The number of nitrogens with zero attached hydrogens (tertiary/aromatic N) is 1. The number of methoxy groups -OCH3 is 1. The first-order valence-electron chi connectivity index (χ1n) is 7.35. The van der Waals surface area contributed by atoms with Crippen molar-refractivity contribution in [2.45, 2.75) is 6.61 Å². The van der Waals surface area contributed by atoms with E-state index in [1.165, 1.54) is 0 Å². The van der Waals surface area contributed by atoms with Gasteiger partial charge in [0, 0.05) is 5.56 Å². The zero-order valence-electron chi connectivity index (χ0n) is 13.1. The molecule has 0 fully saturated rings. The maximum absolute atomic E-state index is 6.18. The monoisotopic (exact) mass is 348 g/mol. The van der Waals surface area contributed by atoms with Crippen LogP contribution >= 0.6 is 11.6 Å². The van der Waals surface area contributed by atoms with Gasteiger partial charge in [-0.2, -0.15) is 0 Å². The standard InChI is InChI=1S/C17H17ClN2O4/c1-21-13-4-2-12(3-5-13)17(19)20-24-10-11-8-14(18)16-15(9-11)22-6-7-23-16/h2-5,8-9H,6-7,10H2,1H3,(H2,19,20). The Kier molecular flexibility index (Phi) is 4.96. The molecule has 0 atom stereocenters. The molecule has 2 aromatic rings. The maximum atomic E-state index is 6.18. The van der Waals surface area contributed by atoms with E-state index >= 15 is 0 Å². The van der Waals surface area contributed by atoms with Gasteiger partial charge in [-0.25, -0.2) is 0 Å². The molecular weight excluding hydrogens is 332 g/mol. The number of fused-ring (bicyclic) bond motifs is 1. The molecule has 0 radical (unpaired) electrons. The highest BCUT2D eigenvalue weighted by atomic mass is 35.5. The fourth-order valence-corrected chi connectivity index (χ4v) is 2.53. The van der Waals surface area contributed by atoms with Crippen molar-refractivity contribution in [2.24, 2.45) is 10.9 Å². The third-order valence-corrected chi connectivity index (χ3v) is 3.72. The van der Waals surface area contributed by atoms with E-state index in [0.29, 0.717) is 29.7 Å². The predicted octanol–water partition coefficient (Wildman–Crippen LogP) is 2.96. The lowest BCUT2D eigenvalue weighted by molar-refractivity contribution is 0.129. The van der Waals surface area contributed by atoms with Gasteiger partial charge < -0.3 is 24.8 Å². The van der Waals surface area contributed by atoms with Crippen molar-refractivity contribution in [3.63, 3.8) is 0 Å². The molecule has 0 unspecified atom stereocenters. The Morgan fingerprint density at radius 1 is 1.21 bits per heavy atom. The lowest BCUT2D eigenvalue weighted by Crippen LogP contribution is -2.16. The summed E-state index contributed by atoms with van der Waals surface area (Å²) >= 11 is 6.18. The van der Waals surface area contributed by atoms with Crippen LogP contribution in [0.2, 0.25) is 5.02 Å². The first kappa shape index (κ1) is 16.3. The lowest BCUT2D eigenvalue weighted by Gasteiger charge is -2.20. The number of nitrogens with two attached hydrogens (primary N) is 1. The minimum atomic E-state index is 0.215. The van der Waals surface area contributed by atoms with Crippen LogP contribution in [0.15, 0.2) is 41.6 Å². The summed E-state index contributed by atoms with van der Waals surface area (Å²) < 4.78 is 16.1. The van der Waals surface area contributed by atoms with E-state index in [-0.39, 0.29) is 12.4 Å².